The van der Waals surface area contributed by atoms with Crippen LogP contribution in [0.3, 0.4) is 0 Å². The number of hydrogen-bond donors (Lipinski definition) is 1. The standard InChI is InChI=1S/C18H29NO3/c1-3-4-5-6-7-8-9-10-11-21-18-16-15(13-22-18)12-19-14(2)17(16)20/h12,18,20H,3-11,13H2,1-2H3. The topological polar surface area (TPSA) is 51.6 Å². The van der Waals surface area contributed by atoms with Crippen molar-refractivity contribution >= 4 is 0 Å². The molecule has 1 aromatic rings. The molecule has 0 amide bonds. The summed E-state index contributed by atoms with van der Waals surface area (Å²) in [6, 6.07) is 0. The summed E-state index contributed by atoms with van der Waals surface area (Å²) in [5.41, 5.74) is 2.33. The number of unbranched alkanes of at least 4 members (excludes halogenated alkanes) is 7. The third-order valence-electron chi connectivity index (χ3n) is 4.25. The Hall–Kier alpha value is -1.13. The number of hydrogen-bond acceptors (Lipinski definition) is 4. The first-order valence-electron chi connectivity index (χ1n) is 8.64. The molecule has 0 spiro atoms. The van der Waals surface area contributed by atoms with Crippen molar-refractivity contribution in [1.29, 1.82) is 0 Å². The maximum Gasteiger partial charge on any atom is 0.188 e. The first-order chi connectivity index (χ1) is 10.7. The Bertz CT molecular complexity index is 462. The summed E-state index contributed by atoms with van der Waals surface area (Å²) in [6.07, 6.45) is 11.6. The zero-order valence-electron chi connectivity index (χ0n) is 13.9. The lowest BCUT2D eigenvalue weighted by molar-refractivity contribution is -0.139. The molecule has 1 aliphatic rings. The van der Waals surface area contributed by atoms with Crippen molar-refractivity contribution in [3.8, 4) is 5.75 Å². The molecule has 4 heteroatoms. The minimum Gasteiger partial charge on any atom is -0.506 e. The van der Waals surface area contributed by atoms with Crippen molar-refractivity contribution in [2.75, 3.05) is 6.61 Å². The van der Waals surface area contributed by atoms with Crippen molar-refractivity contribution in [2.45, 2.75) is 78.1 Å². The summed E-state index contributed by atoms with van der Waals surface area (Å²) in [5, 5.41) is 10.1. The van der Waals surface area contributed by atoms with Crippen LogP contribution in [-0.4, -0.2) is 16.7 Å². The Kier molecular flexibility index (Phi) is 7.13. The van der Waals surface area contributed by atoms with E-state index in [9.17, 15) is 5.11 Å². The van der Waals surface area contributed by atoms with Crippen LogP contribution in [0.5, 0.6) is 5.75 Å². The van der Waals surface area contributed by atoms with E-state index in [0.29, 0.717) is 18.9 Å². The number of ether oxygens (including phenoxy) is 2. The molecule has 0 aliphatic carbocycles. The van der Waals surface area contributed by atoms with Gasteiger partial charge < -0.3 is 14.6 Å². The summed E-state index contributed by atoms with van der Waals surface area (Å²) < 4.78 is 11.4. The first kappa shape index (κ1) is 17.2. The highest BCUT2D eigenvalue weighted by Gasteiger charge is 2.28. The van der Waals surface area contributed by atoms with E-state index in [1.54, 1.807) is 13.1 Å². The quantitative estimate of drug-likeness (QED) is 0.632. The zero-order chi connectivity index (χ0) is 15.8. The molecule has 1 unspecified atom stereocenters. The monoisotopic (exact) mass is 307 g/mol. The third kappa shape index (κ3) is 4.68. The smallest absolute Gasteiger partial charge is 0.188 e. The van der Waals surface area contributed by atoms with Gasteiger partial charge in [-0.2, -0.15) is 0 Å². The lowest BCUT2D eigenvalue weighted by Crippen LogP contribution is -2.05. The number of aromatic hydroxyl groups is 1. The molecule has 2 rings (SSSR count). The van der Waals surface area contributed by atoms with Crippen molar-refractivity contribution in [3.63, 3.8) is 0 Å². The van der Waals surface area contributed by atoms with E-state index in [-0.39, 0.29) is 5.75 Å². The summed E-state index contributed by atoms with van der Waals surface area (Å²) in [5.74, 6) is 0.218. The van der Waals surface area contributed by atoms with Gasteiger partial charge in [0.15, 0.2) is 6.29 Å². The predicted molar refractivity (Wildman–Crippen MR) is 86.7 cm³/mol. The minimum atomic E-state index is -0.429. The fourth-order valence-electron chi connectivity index (χ4n) is 2.84. The number of aryl methyl sites for hydroxylation is 1. The number of pyridine rings is 1. The van der Waals surface area contributed by atoms with Gasteiger partial charge in [0, 0.05) is 11.8 Å². The molecule has 124 valence electrons. The first-order valence-corrected chi connectivity index (χ1v) is 8.64. The molecule has 0 radical (unpaired) electrons. The van der Waals surface area contributed by atoms with Crippen LogP contribution in [0.4, 0.5) is 0 Å². The van der Waals surface area contributed by atoms with Crippen molar-refractivity contribution < 1.29 is 14.6 Å². The molecule has 0 saturated heterocycles. The van der Waals surface area contributed by atoms with E-state index in [2.05, 4.69) is 11.9 Å². The Morgan fingerprint density at radius 3 is 2.59 bits per heavy atom. The van der Waals surface area contributed by atoms with Crippen LogP contribution in [0.15, 0.2) is 6.20 Å². The normalized spacial score (nSPS) is 16.9. The van der Waals surface area contributed by atoms with E-state index in [0.717, 1.165) is 17.5 Å². The Balaban J connectivity index is 1.63. The average molecular weight is 307 g/mol. The third-order valence-corrected chi connectivity index (χ3v) is 4.25. The highest BCUT2D eigenvalue weighted by Crippen LogP contribution is 2.38. The minimum absolute atomic E-state index is 0.218. The van der Waals surface area contributed by atoms with Crippen LogP contribution in [0, 0.1) is 6.92 Å². The average Bonchev–Trinajstić information content (AvgIpc) is 2.93. The van der Waals surface area contributed by atoms with Gasteiger partial charge in [-0.05, 0) is 13.3 Å². The van der Waals surface area contributed by atoms with Gasteiger partial charge in [-0.3, -0.25) is 4.98 Å². The SMILES string of the molecule is CCCCCCCCCCOC1OCc2cnc(C)c(O)c21. The summed E-state index contributed by atoms with van der Waals surface area (Å²) in [4.78, 5) is 4.15. The molecule has 1 N–H and O–H groups in total. The van der Waals surface area contributed by atoms with Gasteiger partial charge in [0.2, 0.25) is 0 Å². The van der Waals surface area contributed by atoms with E-state index in [1.165, 1.54) is 44.9 Å². The Morgan fingerprint density at radius 1 is 1.18 bits per heavy atom. The number of rotatable bonds is 10. The lowest BCUT2D eigenvalue weighted by atomic mass is 10.1. The largest absolute Gasteiger partial charge is 0.506 e. The van der Waals surface area contributed by atoms with Crippen LogP contribution in [0.2, 0.25) is 0 Å². The van der Waals surface area contributed by atoms with Crippen LogP contribution < -0.4 is 0 Å². The molecule has 0 saturated carbocycles. The van der Waals surface area contributed by atoms with Gasteiger partial charge in [-0.1, -0.05) is 51.9 Å². The lowest BCUT2D eigenvalue weighted by Gasteiger charge is -2.14. The number of fused-ring (bicyclic) bond motifs is 1. The van der Waals surface area contributed by atoms with Crippen LogP contribution in [-0.2, 0) is 16.1 Å². The van der Waals surface area contributed by atoms with E-state index < -0.39 is 6.29 Å². The number of nitrogens with zero attached hydrogens (tertiary/aromatic N) is 1. The zero-order valence-corrected chi connectivity index (χ0v) is 13.9. The maximum absolute atomic E-state index is 10.1. The molecule has 4 nitrogen and oxygen atoms in total. The van der Waals surface area contributed by atoms with Gasteiger partial charge in [-0.25, -0.2) is 0 Å². The van der Waals surface area contributed by atoms with Crippen LogP contribution in [0.25, 0.3) is 0 Å². The van der Waals surface area contributed by atoms with Crippen molar-refractivity contribution in [1.82, 2.24) is 4.98 Å². The molecule has 1 aliphatic heterocycles. The molecular formula is C18H29NO3. The van der Waals surface area contributed by atoms with Gasteiger partial charge >= 0.3 is 0 Å². The highest BCUT2D eigenvalue weighted by atomic mass is 16.7. The molecule has 1 aromatic heterocycles. The van der Waals surface area contributed by atoms with Crippen molar-refractivity contribution in [3.05, 3.63) is 23.0 Å². The molecule has 1 atom stereocenters. The Labute approximate surface area is 133 Å². The van der Waals surface area contributed by atoms with Gasteiger partial charge in [0.05, 0.1) is 24.5 Å². The fourth-order valence-corrected chi connectivity index (χ4v) is 2.84. The number of aromatic nitrogens is 1. The second-order valence-corrected chi connectivity index (χ2v) is 6.12. The second-order valence-electron chi connectivity index (χ2n) is 6.12. The van der Waals surface area contributed by atoms with E-state index in [1.807, 2.05) is 0 Å². The van der Waals surface area contributed by atoms with Gasteiger partial charge in [-0.15, -0.1) is 0 Å². The molecule has 0 bridgehead atoms. The van der Waals surface area contributed by atoms with Gasteiger partial charge in [0.1, 0.15) is 5.75 Å². The van der Waals surface area contributed by atoms with Crippen LogP contribution in [0.1, 0.15) is 81.4 Å². The summed E-state index contributed by atoms with van der Waals surface area (Å²) in [7, 11) is 0. The highest BCUT2D eigenvalue weighted by molar-refractivity contribution is 5.43. The molecule has 22 heavy (non-hydrogen) atoms. The molecule has 0 aromatic carbocycles. The second kappa shape index (κ2) is 9.11. The maximum atomic E-state index is 10.1. The van der Waals surface area contributed by atoms with E-state index >= 15 is 0 Å². The molecule has 0 fully saturated rings. The predicted octanol–water partition coefficient (Wildman–Crippen LogP) is 4.78. The summed E-state index contributed by atoms with van der Waals surface area (Å²) >= 11 is 0. The fraction of sp³-hybridized carbons (Fsp3) is 0.722. The van der Waals surface area contributed by atoms with Crippen LogP contribution >= 0.6 is 0 Å². The molecule has 2 heterocycles. The van der Waals surface area contributed by atoms with Gasteiger partial charge in [0.25, 0.3) is 0 Å². The summed E-state index contributed by atoms with van der Waals surface area (Å²) in [6.45, 7) is 5.19. The Morgan fingerprint density at radius 2 is 1.86 bits per heavy atom. The van der Waals surface area contributed by atoms with Crippen molar-refractivity contribution in [2.24, 2.45) is 0 Å². The van der Waals surface area contributed by atoms with E-state index in [4.69, 9.17) is 9.47 Å². The molecular weight excluding hydrogens is 278 g/mol.